The van der Waals surface area contributed by atoms with Crippen molar-refractivity contribution < 1.29 is 9.59 Å². The number of aryl methyl sites for hydroxylation is 2. The number of carbonyl (C=O) groups is 2. The number of pyridine rings is 1. The monoisotopic (exact) mass is 373 g/mol. The van der Waals surface area contributed by atoms with E-state index >= 15 is 0 Å². The van der Waals surface area contributed by atoms with Gasteiger partial charge in [-0.05, 0) is 42.7 Å². The minimum atomic E-state index is -0.311. The van der Waals surface area contributed by atoms with Gasteiger partial charge in [0.2, 0.25) is 0 Å². The van der Waals surface area contributed by atoms with E-state index in [1.165, 1.54) is 17.8 Å². The lowest BCUT2D eigenvalue weighted by atomic mass is 10.1. The molecule has 0 spiro atoms. The molecule has 0 aliphatic heterocycles. The standard InChI is InChI=1S/C23H23N3O2/c1-16-7-9-18(10-8-16)14-25-23(28)21-13-19(11-12-24-21)22(27)26-15-20-6-4-3-5-17(20)2/h3-13H,14-15H2,1-2H3,(H,25,28)(H,26,27). The Labute approximate surface area is 164 Å². The zero-order valence-corrected chi connectivity index (χ0v) is 16.0. The van der Waals surface area contributed by atoms with Crippen molar-refractivity contribution in [3.05, 3.63) is 100 Å². The van der Waals surface area contributed by atoms with Gasteiger partial charge >= 0.3 is 0 Å². The van der Waals surface area contributed by atoms with Crippen molar-refractivity contribution in [3.8, 4) is 0 Å². The van der Waals surface area contributed by atoms with E-state index in [9.17, 15) is 9.59 Å². The first-order valence-corrected chi connectivity index (χ1v) is 9.15. The molecule has 3 aromatic rings. The van der Waals surface area contributed by atoms with Crippen LogP contribution in [0.4, 0.5) is 0 Å². The number of hydrogen-bond acceptors (Lipinski definition) is 3. The average Bonchev–Trinajstić information content (AvgIpc) is 2.72. The Bertz CT molecular complexity index is 981. The summed E-state index contributed by atoms with van der Waals surface area (Å²) >= 11 is 0. The molecule has 0 bridgehead atoms. The maximum atomic E-state index is 12.4. The van der Waals surface area contributed by atoms with Crippen LogP contribution in [0.5, 0.6) is 0 Å². The van der Waals surface area contributed by atoms with E-state index < -0.39 is 0 Å². The quantitative estimate of drug-likeness (QED) is 0.694. The van der Waals surface area contributed by atoms with E-state index in [1.807, 2.05) is 62.4 Å². The van der Waals surface area contributed by atoms with E-state index in [2.05, 4.69) is 15.6 Å². The van der Waals surface area contributed by atoms with Gasteiger partial charge in [-0.15, -0.1) is 0 Å². The first-order chi connectivity index (χ1) is 13.5. The molecule has 3 rings (SSSR count). The Morgan fingerprint density at radius 2 is 1.57 bits per heavy atom. The predicted molar refractivity (Wildman–Crippen MR) is 109 cm³/mol. The SMILES string of the molecule is Cc1ccc(CNC(=O)c2cc(C(=O)NCc3ccccc3C)ccn2)cc1. The topological polar surface area (TPSA) is 71.1 Å². The minimum Gasteiger partial charge on any atom is -0.348 e. The normalized spacial score (nSPS) is 10.4. The molecule has 5 nitrogen and oxygen atoms in total. The van der Waals surface area contributed by atoms with Gasteiger partial charge in [0.05, 0.1) is 0 Å². The molecule has 0 saturated carbocycles. The molecule has 0 saturated heterocycles. The zero-order valence-electron chi connectivity index (χ0n) is 16.0. The molecule has 2 N–H and O–H groups in total. The maximum absolute atomic E-state index is 12.4. The van der Waals surface area contributed by atoms with E-state index in [-0.39, 0.29) is 17.5 Å². The van der Waals surface area contributed by atoms with Gasteiger partial charge in [-0.25, -0.2) is 0 Å². The van der Waals surface area contributed by atoms with Crippen LogP contribution in [0.2, 0.25) is 0 Å². The first kappa shape index (κ1) is 19.3. The van der Waals surface area contributed by atoms with Crippen LogP contribution >= 0.6 is 0 Å². The van der Waals surface area contributed by atoms with Crippen LogP contribution in [-0.2, 0) is 13.1 Å². The van der Waals surface area contributed by atoms with Crippen molar-refractivity contribution in [2.24, 2.45) is 0 Å². The molecular formula is C23H23N3O2. The smallest absolute Gasteiger partial charge is 0.270 e. The van der Waals surface area contributed by atoms with E-state index in [0.29, 0.717) is 18.7 Å². The fourth-order valence-electron chi connectivity index (χ4n) is 2.76. The van der Waals surface area contributed by atoms with Gasteiger partial charge in [-0.3, -0.25) is 14.6 Å². The molecular weight excluding hydrogens is 350 g/mol. The van der Waals surface area contributed by atoms with Crippen molar-refractivity contribution in [2.75, 3.05) is 0 Å². The highest BCUT2D eigenvalue weighted by molar-refractivity contribution is 5.98. The Morgan fingerprint density at radius 3 is 2.32 bits per heavy atom. The molecule has 1 aromatic heterocycles. The summed E-state index contributed by atoms with van der Waals surface area (Å²) in [6.07, 6.45) is 1.48. The maximum Gasteiger partial charge on any atom is 0.270 e. The summed E-state index contributed by atoms with van der Waals surface area (Å²) in [6.45, 7) is 4.86. The second-order valence-corrected chi connectivity index (χ2v) is 6.71. The van der Waals surface area contributed by atoms with Gasteiger partial charge in [0.25, 0.3) is 11.8 Å². The highest BCUT2D eigenvalue weighted by Gasteiger charge is 2.12. The van der Waals surface area contributed by atoms with Crippen LogP contribution in [-0.4, -0.2) is 16.8 Å². The van der Waals surface area contributed by atoms with Crippen LogP contribution in [0.1, 0.15) is 43.1 Å². The second-order valence-electron chi connectivity index (χ2n) is 6.71. The van der Waals surface area contributed by atoms with Crippen molar-refractivity contribution in [3.63, 3.8) is 0 Å². The van der Waals surface area contributed by atoms with Gasteiger partial charge in [0.15, 0.2) is 0 Å². The Kier molecular flexibility index (Phi) is 6.17. The highest BCUT2D eigenvalue weighted by atomic mass is 16.2. The minimum absolute atomic E-state index is 0.218. The van der Waals surface area contributed by atoms with Crippen LogP contribution in [0.25, 0.3) is 0 Å². The van der Waals surface area contributed by atoms with Crippen LogP contribution in [0.15, 0.2) is 66.9 Å². The fourth-order valence-corrected chi connectivity index (χ4v) is 2.76. The zero-order chi connectivity index (χ0) is 19.9. The molecule has 142 valence electrons. The molecule has 0 fully saturated rings. The van der Waals surface area contributed by atoms with Crippen molar-refractivity contribution >= 4 is 11.8 Å². The summed E-state index contributed by atoms with van der Waals surface area (Å²) < 4.78 is 0. The number of nitrogens with one attached hydrogen (secondary N) is 2. The summed E-state index contributed by atoms with van der Waals surface area (Å²) in [5.74, 6) is -0.549. The summed E-state index contributed by atoms with van der Waals surface area (Å²) in [7, 11) is 0. The van der Waals surface area contributed by atoms with Crippen molar-refractivity contribution in [2.45, 2.75) is 26.9 Å². The van der Waals surface area contributed by atoms with Crippen molar-refractivity contribution in [1.82, 2.24) is 15.6 Å². The third kappa shape index (κ3) is 5.04. The Hall–Kier alpha value is -3.47. The summed E-state index contributed by atoms with van der Waals surface area (Å²) in [6, 6.07) is 18.9. The van der Waals surface area contributed by atoms with Gasteiger partial charge in [-0.2, -0.15) is 0 Å². The summed E-state index contributed by atoms with van der Waals surface area (Å²) in [5.41, 5.74) is 4.97. The molecule has 2 amide bonds. The number of carbonyl (C=O) groups excluding carboxylic acids is 2. The third-order valence-electron chi connectivity index (χ3n) is 4.53. The van der Waals surface area contributed by atoms with Crippen LogP contribution in [0, 0.1) is 13.8 Å². The molecule has 0 radical (unpaired) electrons. The predicted octanol–water partition coefficient (Wildman–Crippen LogP) is 3.56. The van der Waals surface area contributed by atoms with E-state index in [1.54, 1.807) is 6.07 Å². The lowest BCUT2D eigenvalue weighted by Gasteiger charge is -2.09. The summed E-state index contributed by atoms with van der Waals surface area (Å²) in [4.78, 5) is 28.9. The molecule has 28 heavy (non-hydrogen) atoms. The van der Waals surface area contributed by atoms with E-state index in [4.69, 9.17) is 0 Å². The van der Waals surface area contributed by atoms with Gasteiger partial charge in [0, 0.05) is 24.8 Å². The average molecular weight is 373 g/mol. The van der Waals surface area contributed by atoms with Gasteiger partial charge in [-0.1, -0.05) is 54.1 Å². The molecule has 2 aromatic carbocycles. The van der Waals surface area contributed by atoms with Crippen molar-refractivity contribution in [1.29, 1.82) is 0 Å². The molecule has 5 heteroatoms. The number of amides is 2. The number of rotatable bonds is 6. The molecule has 0 aliphatic rings. The van der Waals surface area contributed by atoms with Crippen LogP contribution in [0.3, 0.4) is 0 Å². The van der Waals surface area contributed by atoms with Gasteiger partial charge in [0.1, 0.15) is 5.69 Å². The molecule has 1 heterocycles. The number of benzene rings is 2. The fraction of sp³-hybridized carbons (Fsp3) is 0.174. The highest BCUT2D eigenvalue weighted by Crippen LogP contribution is 2.08. The molecule has 0 unspecified atom stereocenters. The largest absolute Gasteiger partial charge is 0.348 e. The lowest BCUT2D eigenvalue weighted by molar-refractivity contribution is 0.0946. The van der Waals surface area contributed by atoms with Crippen LogP contribution < -0.4 is 10.6 Å². The Morgan fingerprint density at radius 1 is 0.857 bits per heavy atom. The Balaban J connectivity index is 1.60. The number of aromatic nitrogens is 1. The number of nitrogens with zero attached hydrogens (tertiary/aromatic N) is 1. The first-order valence-electron chi connectivity index (χ1n) is 9.15. The lowest BCUT2D eigenvalue weighted by Crippen LogP contribution is -2.26. The number of hydrogen-bond donors (Lipinski definition) is 2. The summed E-state index contributed by atoms with van der Waals surface area (Å²) in [5, 5.41) is 5.72. The van der Waals surface area contributed by atoms with E-state index in [0.717, 1.165) is 16.7 Å². The second kappa shape index (κ2) is 8.95. The van der Waals surface area contributed by atoms with Gasteiger partial charge < -0.3 is 10.6 Å². The third-order valence-corrected chi connectivity index (χ3v) is 4.53. The molecule has 0 atom stereocenters. The molecule has 0 aliphatic carbocycles.